The van der Waals surface area contributed by atoms with E-state index in [-0.39, 0.29) is 10.7 Å². The summed E-state index contributed by atoms with van der Waals surface area (Å²) in [4.78, 5) is 8.22. The second-order valence-electron chi connectivity index (χ2n) is 5.32. The van der Waals surface area contributed by atoms with E-state index in [9.17, 15) is 13.2 Å². The lowest BCUT2D eigenvalue weighted by Gasteiger charge is -2.13. The Hall–Kier alpha value is -2.60. The predicted molar refractivity (Wildman–Crippen MR) is 91.3 cm³/mol. The van der Waals surface area contributed by atoms with E-state index >= 15 is 0 Å². The first-order valence-corrected chi connectivity index (χ1v) is 7.78. The van der Waals surface area contributed by atoms with E-state index < -0.39 is 11.7 Å². The van der Waals surface area contributed by atoms with E-state index in [1.807, 2.05) is 30.3 Å². The first kappa shape index (κ1) is 17.2. The third kappa shape index (κ3) is 4.28. The molecule has 3 rings (SSSR count). The fourth-order valence-electron chi connectivity index (χ4n) is 2.35. The van der Waals surface area contributed by atoms with Crippen molar-refractivity contribution in [3.8, 4) is 0 Å². The number of benzene rings is 2. The van der Waals surface area contributed by atoms with Crippen molar-refractivity contribution in [2.24, 2.45) is 4.99 Å². The molecular formula is C18H13ClF3N3. The molecule has 0 bridgehead atoms. The Kier molecular flexibility index (Phi) is 4.90. The van der Waals surface area contributed by atoms with Crippen LogP contribution < -0.4 is 0 Å². The van der Waals surface area contributed by atoms with Crippen LogP contribution in [0.15, 0.2) is 72.2 Å². The van der Waals surface area contributed by atoms with Crippen LogP contribution in [-0.4, -0.2) is 15.4 Å². The summed E-state index contributed by atoms with van der Waals surface area (Å²) in [6, 6.07) is 12.9. The molecule has 0 saturated heterocycles. The number of aliphatic imine (C=N–C) groups is 1. The molecule has 0 aliphatic carbocycles. The molecule has 3 nitrogen and oxygen atoms in total. The zero-order chi connectivity index (χ0) is 17.9. The molecule has 0 unspecified atom stereocenters. The minimum atomic E-state index is -4.55. The molecule has 0 radical (unpaired) electrons. The van der Waals surface area contributed by atoms with Gasteiger partial charge in [-0.3, -0.25) is 4.57 Å². The monoisotopic (exact) mass is 363 g/mol. The lowest BCUT2D eigenvalue weighted by atomic mass is 10.1. The number of hydrogen-bond donors (Lipinski definition) is 0. The van der Waals surface area contributed by atoms with E-state index in [1.165, 1.54) is 18.5 Å². The van der Waals surface area contributed by atoms with Crippen molar-refractivity contribution in [3.63, 3.8) is 0 Å². The highest BCUT2D eigenvalue weighted by molar-refractivity contribution is 6.30. The van der Waals surface area contributed by atoms with Gasteiger partial charge in [0.1, 0.15) is 12.2 Å². The van der Waals surface area contributed by atoms with Crippen LogP contribution in [0.3, 0.4) is 0 Å². The molecule has 0 N–H and O–H groups in total. The Balaban J connectivity index is 2.08. The van der Waals surface area contributed by atoms with Crippen LogP contribution in [0, 0.1) is 0 Å². The first-order valence-electron chi connectivity index (χ1n) is 7.40. The molecule has 1 aromatic heterocycles. The number of alkyl halides is 3. The second-order valence-corrected chi connectivity index (χ2v) is 5.76. The fraction of sp³-hybridized carbons (Fsp3) is 0.111. The zero-order valence-electron chi connectivity index (χ0n) is 12.9. The summed E-state index contributed by atoms with van der Waals surface area (Å²) in [5, 5.41) is 0.0125. The molecule has 0 aliphatic rings. The maximum Gasteiger partial charge on any atom is 0.418 e. The van der Waals surface area contributed by atoms with Gasteiger partial charge in [-0.25, -0.2) is 9.98 Å². The fourth-order valence-corrected chi connectivity index (χ4v) is 2.52. The van der Waals surface area contributed by atoms with Crippen LogP contribution in [0.5, 0.6) is 0 Å². The minimum Gasteiger partial charge on any atom is -0.294 e. The van der Waals surface area contributed by atoms with Crippen molar-refractivity contribution >= 4 is 23.1 Å². The van der Waals surface area contributed by atoms with Crippen molar-refractivity contribution < 1.29 is 13.2 Å². The van der Waals surface area contributed by atoms with Gasteiger partial charge in [-0.05, 0) is 23.8 Å². The maximum absolute atomic E-state index is 13.3. The van der Waals surface area contributed by atoms with Crippen LogP contribution >= 0.6 is 11.6 Å². The molecule has 7 heteroatoms. The smallest absolute Gasteiger partial charge is 0.294 e. The van der Waals surface area contributed by atoms with Gasteiger partial charge in [0, 0.05) is 23.8 Å². The number of rotatable bonds is 3. The zero-order valence-corrected chi connectivity index (χ0v) is 13.7. The molecular weight excluding hydrogens is 351 g/mol. The van der Waals surface area contributed by atoms with Crippen LogP contribution in [0.1, 0.15) is 11.1 Å². The summed E-state index contributed by atoms with van der Waals surface area (Å²) >= 11 is 5.73. The van der Waals surface area contributed by atoms with Crippen molar-refractivity contribution in [1.82, 2.24) is 9.55 Å². The van der Waals surface area contributed by atoms with Gasteiger partial charge in [0.25, 0.3) is 0 Å². The molecule has 0 saturated carbocycles. The molecule has 0 spiro atoms. The quantitative estimate of drug-likeness (QED) is 0.454. The maximum atomic E-state index is 13.3. The third-order valence-corrected chi connectivity index (χ3v) is 3.76. The molecule has 0 atom stereocenters. The number of imidazole rings is 1. The highest BCUT2D eigenvalue weighted by Gasteiger charge is 2.34. The van der Waals surface area contributed by atoms with E-state index in [2.05, 4.69) is 9.98 Å². The van der Waals surface area contributed by atoms with Crippen LogP contribution in [0.2, 0.25) is 5.02 Å². The molecule has 128 valence electrons. The highest BCUT2D eigenvalue weighted by Crippen LogP contribution is 2.38. The Morgan fingerprint density at radius 2 is 1.88 bits per heavy atom. The van der Waals surface area contributed by atoms with Crippen molar-refractivity contribution in [3.05, 3.63) is 83.4 Å². The molecule has 25 heavy (non-hydrogen) atoms. The van der Waals surface area contributed by atoms with E-state index in [0.717, 1.165) is 11.6 Å². The molecule has 0 aliphatic heterocycles. The largest absolute Gasteiger partial charge is 0.418 e. The third-order valence-electron chi connectivity index (χ3n) is 3.52. The Bertz CT molecular complexity index is 872. The predicted octanol–water partition coefficient (Wildman–Crippen LogP) is 5.38. The summed E-state index contributed by atoms with van der Waals surface area (Å²) in [5.41, 5.74) is -0.125. The summed E-state index contributed by atoms with van der Waals surface area (Å²) < 4.78 is 41.5. The number of aromatic nitrogens is 2. The lowest BCUT2D eigenvalue weighted by Crippen LogP contribution is -2.14. The number of halogens is 4. The Labute approximate surface area is 147 Å². The van der Waals surface area contributed by atoms with Gasteiger partial charge in [-0.2, -0.15) is 13.2 Å². The van der Waals surface area contributed by atoms with E-state index in [4.69, 9.17) is 11.6 Å². The number of hydrogen-bond acceptors (Lipinski definition) is 2. The molecule has 0 amide bonds. The van der Waals surface area contributed by atoms with Crippen LogP contribution in [0.25, 0.3) is 0 Å². The molecule has 1 heterocycles. The standard InChI is InChI=1S/C18H13ClF3N3/c19-14-6-7-16(15(11-14)18(20,21)22)24-17(25-9-8-23-12-25)10-13-4-2-1-3-5-13/h1-9,11-12H,10H2. The van der Waals surface area contributed by atoms with Gasteiger partial charge in [0.15, 0.2) is 0 Å². The van der Waals surface area contributed by atoms with Gasteiger partial charge >= 0.3 is 6.18 Å². The topological polar surface area (TPSA) is 30.2 Å². The normalized spacial score (nSPS) is 12.4. The number of nitrogens with zero attached hydrogens (tertiary/aromatic N) is 3. The summed E-state index contributed by atoms with van der Waals surface area (Å²) in [7, 11) is 0. The summed E-state index contributed by atoms with van der Waals surface area (Å²) in [6.07, 6.45) is 0.511. The van der Waals surface area contributed by atoms with E-state index in [1.54, 1.807) is 17.0 Å². The van der Waals surface area contributed by atoms with Crippen molar-refractivity contribution in [1.29, 1.82) is 0 Å². The van der Waals surface area contributed by atoms with Crippen LogP contribution in [0.4, 0.5) is 18.9 Å². The average molecular weight is 364 g/mol. The minimum absolute atomic E-state index is 0.0125. The Morgan fingerprint density at radius 1 is 1.12 bits per heavy atom. The molecule has 3 aromatic rings. The Morgan fingerprint density at radius 3 is 2.52 bits per heavy atom. The van der Waals surface area contributed by atoms with Gasteiger partial charge in [0.2, 0.25) is 0 Å². The van der Waals surface area contributed by atoms with Gasteiger partial charge in [-0.1, -0.05) is 41.9 Å². The average Bonchev–Trinajstić information content (AvgIpc) is 3.10. The first-order chi connectivity index (χ1) is 11.9. The SMILES string of the molecule is FC(F)(F)c1cc(Cl)ccc1N=C(Cc1ccccc1)n1ccnc1. The van der Waals surface area contributed by atoms with E-state index in [0.29, 0.717) is 12.3 Å². The molecule has 0 fully saturated rings. The summed E-state index contributed by atoms with van der Waals surface area (Å²) in [5.74, 6) is 0.427. The van der Waals surface area contributed by atoms with Crippen molar-refractivity contribution in [2.75, 3.05) is 0 Å². The van der Waals surface area contributed by atoms with Gasteiger partial charge in [-0.15, -0.1) is 0 Å². The summed E-state index contributed by atoms with van der Waals surface area (Å²) in [6.45, 7) is 0. The van der Waals surface area contributed by atoms with Gasteiger partial charge in [0.05, 0.1) is 11.3 Å². The van der Waals surface area contributed by atoms with Crippen LogP contribution in [-0.2, 0) is 12.6 Å². The highest BCUT2D eigenvalue weighted by atomic mass is 35.5. The second kappa shape index (κ2) is 7.11. The van der Waals surface area contributed by atoms with Crippen molar-refractivity contribution in [2.45, 2.75) is 12.6 Å². The van der Waals surface area contributed by atoms with Gasteiger partial charge < -0.3 is 0 Å². The molecule has 2 aromatic carbocycles. The lowest BCUT2D eigenvalue weighted by molar-refractivity contribution is -0.137.